The number of sulfonamides is 1. The van der Waals surface area contributed by atoms with Crippen molar-refractivity contribution in [2.24, 2.45) is 5.92 Å². The molecule has 0 aromatic rings. The summed E-state index contributed by atoms with van der Waals surface area (Å²) in [7, 11) is -3.05. The highest BCUT2D eigenvalue weighted by Gasteiger charge is 2.29. The van der Waals surface area contributed by atoms with Crippen LogP contribution in [0.2, 0.25) is 0 Å². The van der Waals surface area contributed by atoms with Crippen molar-refractivity contribution >= 4 is 21.6 Å². The Morgan fingerprint density at radius 1 is 1.46 bits per heavy atom. The molecule has 1 aliphatic carbocycles. The van der Waals surface area contributed by atoms with Crippen LogP contribution in [-0.2, 0) is 10.0 Å². The first-order valence-corrected chi connectivity index (χ1v) is 6.83. The van der Waals surface area contributed by atoms with Gasteiger partial charge >= 0.3 is 0 Å². The van der Waals surface area contributed by atoms with Gasteiger partial charge in [-0.25, -0.2) is 13.1 Å². The molecule has 1 rings (SSSR count). The average Bonchev–Trinajstić information content (AvgIpc) is 2.51. The molecule has 78 valence electrons. The zero-order chi connectivity index (χ0) is 9.90. The van der Waals surface area contributed by atoms with E-state index in [1.54, 1.807) is 6.92 Å². The van der Waals surface area contributed by atoms with Gasteiger partial charge in [0.1, 0.15) is 0 Å². The molecule has 0 heterocycles. The van der Waals surface area contributed by atoms with Crippen LogP contribution in [0.15, 0.2) is 0 Å². The van der Waals surface area contributed by atoms with Crippen molar-refractivity contribution in [1.82, 2.24) is 4.72 Å². The van der Waals surface area contributed by atoms with Crippen molar-refractivity contribution in [1.29, 1.82) is 0 Å². The maximum Gasteiger partial charge on any atom is 0.211 e. The van der Waals surface area contributed by atoms with Gasteiger partial charge in [-0.3, -0.25) is 0 Å². The summed E-state index contributed by atoms with van der Waals surface area (Å²) in [6, 6.07) is 0.0717. The van der Waals surface area contributed by atoms with Gasteiger partial charge in [0.25, 0.3) is 0 Å². The molecule has 0 amide bonds. The molecule has 1 fully saturated rings. The van der Waals surface area contributed by atoms with Crippen molar-refractivity contribution in [3.63, 3.8) is 0 Å². The lowest BCUT2D eigenvalue weighted by molar-refractivity contribution is 0.481. The second kappa shape index (κ2) is 4.62. The largest absolute Gasteiger partial charge is 0.212 e. The Balaban J connectivity index is 2.53. The topological polar surface area (TPSA) is 46.2 Å². The number of hydrogen-bond acceptors (Lipinski definition) is 2. The normalized spacial score (nSPS) is 29.4. The summed E-state index contributed by atoms with van der Waals surface area (Å²) in [5.41, 5.74) is 0. The fourth-order valence-electron chi connectivity index (χ4n) is 1.69. The summed E-state index contributed by atoms with van der Waals surface area (Å²) >= 11 is 5.74. The summed E-state index contributed by atoms with van der Waals surface area (Å²) < 4.78 is 25.2. The van der Waals surface area contributed by atoms with E-state index in [1.165, 1.54) is 0 Å². The molecule has 1 aliphatic rings. The Morgan fingerprint density at radius 2 is 2.15 bits per heavy atom. The number of rotatable bonds is 4. The molecule has 0 bridgehead atoms. The molecule has 5 heteroatoms. The second-order valence-electron chi connectivity index (χ2n) is 3.47. The predicted octanol–water partition coefficient (Wildman–Crippen LogP) is 1.33. The third-order valence-corrected chi connectivity index (χ3v) is 4.39. The molecule has 0 spiro atoms. The molecule has 2 atom stereocenters. The van der Waals surface area contributed by atoms with E-state index in [1.807, 2.05) is 0 Å². The van der Waals surface area contributed by atoms with Crippen LogP contribution < -0.4 is 4.72 Å². The van der Waals surface area contributed by atoms with Gasteiger partial charge in [0.05, 0.1) is 5.75 Å². The quantitative estimate of drug-likeness (QED) is 0.734. The summed E-state index contributed by atoms with van der Waals surface area (Å²) in [5, 5.41) is 0. The van der Waals surface area contributed by atoms with Crippen molar-refractivity contribution in [3.8, 4) is 0 Å². The van der Waals surface area contributed by atoms with Gasteiger partial charge in [-0.2, -0.15) is 0 Å². The predicted molar refractivity (Wildman–Crippen MR) is 54.4 cm³/mol. The minimum Gasteiger partial charge on any atom is -0.212 e. The maximum atomic E-state index is 11.3. The fraction of sp³-hybridized carbons (Fsp3) is 1.00. The highest BCUT2D eigenvalue weighted by molar-refractivity contribution is 7.89. The van der Waals surface area contributed by atoms with E-state index in [0.29, 0.717) is 11.8 Å². The Hall–Kier alpha value is 0.200. The summed E-state index contributed by atoms with van der Waals surface area (Å²) in [6.07, 6.45) is 3.05. The Kier molecular flexibility index (Phi) is 4.01. The van der Waals surface area contributed by atoms with E-state index in [0.717, 1.165) is 19.3 Å². The number of hydrogen-bond donors (Lipinski definition) is 1. The van der Waals surface area contributed by atoms with Gasteiger partial charge in [0, 0.05) is 11.9 Å². The van der Waals surface area contributed by atoms with Crippen molar-refractivity contribution in [2.75, 3.05) is 11.6 Å². The molecule has 1 saturated carbocycles. The van der Waals surface area contributed by atoms with Crippen LogP contribution in [-0.4, -0.2) is 26.1 Å². The van der Waals surface area contributed by atoms with Crippen molar-refractivity contribution in [2.45, 2.75) is 32.2 Å². The van der Waals surface area contributed by atoms with E-state index < -0.39 is 10.0 Å². The summed E-state index contributed by atoms with van der Waals surface area (Å²) in [6.45, 7) is 1.65. The zero-order valence-corrected chi connectivity index (χ0v) is 9.37. The third-order valence-electron chi connectivity index (χ3n) is 2.57. The zero-order valence-electron chi connectivity index (χ0n) is 7.79. The third kappa shape index (κ3) is 3.11. The minimum atomic E-state index is -3.05. The first-order chi connectivity index (χ1) is 6.09. The van der Waals surface area contributed by atoms with Crippen LogP contribution in [0.4, 0.5) is 0 Å². The van der Waals surface area contributed by atoms with Crippen LogP contribution in [0.3, 0.4) is 0 Å². The van der Waals surface area contributed by atoms with Gasteiger partial charge in [-0.1, -0.05) is 6.42 Å². The van der Waals surface area contributed by atoms with Crippen LogP contribution in [0.1, 0.15) is 26.2 Å². The highest BCUT2D eigenvalue weighted by Crippen LogP contribution is 2.26. The number of nitrogens with one attached hydrogen (secondary N) is 1. The Morgan fingerprint density at radius 3 is 2.69 bits per heavy atom. The van der Waals surface area contributed by atoms with Crippen molar-refractivity contribution in [3.05, 3.63) is 0 Å². The van der Waals surface area contributed by atoms with E-state index in [-0.39, 0.29) is 11.8 Å². The van der Waals surface area contributed by atoms with Gasteiger partial charge in [0.2, 0.25) is 10.0 Å². The molecule has 0 radical (unpaired) electrons. The average molecular weight is 226 g/mol. The van der Waals surface area contributed by atoms with E-state index >= 15 is 0 Å². The smallest absolute Gasteiger partial charge is 0.211 e. The van der Waals surface area contributed by atoms with Crippen LogP contribution in [0.25, 0.3) is 0 Å². The molecule has 1 N–H and O–H groups in total. The van der Waals surface area contributed by atoms with Crippen LogP contribution in [0, 0.1) is 5.92 Å². The monoisotopic (exact) mass is 225 g/mol. The molecular formula is C8H16ClNO2S. The first kappa shape index (κ1) is 11.3. The highest BCUT2D eigenvalue weighted by atomic mass is 35.5. The van der Waals surface area contributed by atoms with Gasteiger partial charge in [-0.05, 0) is 25.7 Å². The standard InChI is InChI=1S/C8H16ClNO2S/c1-2-13(11,12)10-8-5-3-4-7(8)6-9/h7-8,10H,2-6H2,1H3. The molecule has 0 aromatic carbocycles. The van der Waals surface area contributed by atoms with Gasteiger partial charge < -0.3 is 0 Å². The minimum absolute atomic E-state index is 0.0717. The lowest BCUT2D eigenvalue weighted by Gasteiger charge is -2.17. The van der Waals surface area contributed by atoms with Gasteiger partial charge in [-0.15, -0.1) is 11.6 Å². The molecule has 0 aliphatic heterocycles. The number of halogens is 1. The molecule has 0 aromatic heterocycles. The lowest BCUT2D eigenvalue weighted by atomic mass is 10.1. The first-order valence-electron chi connectivity index (χ1n) is 4.65. The Labute approximate surface area is 84.9 Å². The summed E-state index contributed by atoms with van der Waals surface area (Å²) in [4.78, 5) is 0. The fourth-order valence-corrected chi connectivity index (χ4v) is 3.00. The molecule has 2 unspecified atom stereocenters. The summed E-state index contributed by atoms with van der Waals surface area (Å²) in [5.74, 6) is 1.03. The lowest BCUT2D eigenvalue weighted by Crippen LogP contribution is -2.38. The maximum absolute atomic E-state index is 11.3. The molecule has 13 heavy (non-hydrogen) atoms. The Bertz CT molecular complexity index is 253. The van der Waals surface area contributed by atoms with Crippen molar-refractivity contribution < 1.29 is 8.42 Å². The second-order valence-corrected chi connectivity index (χ2v) is 5.82. The molecular weight excluding hydrogens is 210 g/mol. The van der Waals surface area contributed by atoms with Crippen LogP contribution in [0.5, 0.6) is 0 Å². The van der Waals surface area contributed by atoms with E-state index in [9.17, 15) is 8.42 Å². The molecule has 0 saturated heterocycles. The van der Waals surface area contributed by atoms with Gasteiger partial charge in [0.15, 0.2) is 0 Å². The van der Waals surface area contributed by atoms with E-state index in [2.05, 4.69) is 4.72 Å². The SMILES string of the molecule is CCS(=O)(=O)NC1CCCC1CCl. The molecule has 3 nitrogen and oxygen atoms in total. The van der Waals surface area contributed by atoms with E-state index in [4.69, 9.17) is 11.6 Å². The van der Waals surface area contributed by atoms with Crippen LogP contribution >= 0.6 is 11.6 Å². The number of alkyl halides is 1.